The number of hydrogen-bond donors (Lipinski definition) is 3. The first kappa shape index (κ1) is 12.9. The van der Waals surface area contributed by atoms with Crippen molar-refractivity contribution in [2.24, 2.45) is 0 Å². The molecule has 0 saturated carbocycles. The first-order valence-electron chi connectivity index (χ1n) is 5.34. The number of aliphatic carboxylic acids is 1. The van der Waals surface area contributed by atoms with E-state index in [0.29, 0.717) is 19.3 Å². The Morgan fingerprint density at radius 1 is 1.44 bits per heavy atom. The quantitative estimate of drug-likeness (QED) is 0.593. The molecule has 1 saturated heterocycles. The van der Waals surface area contributed by atoms with E-state index in [4.69, 9.17) is 14.9 Å². The van der Waals surface area contributed by atoms with Crippen LogP contribution in [0.5, 0.6) is 0 Å². The summed E-state index contributed by atoms with van der Waals surface area (Å²) in [5.41, 5.74) is 0. The summed E-state index contributed by atoms with van der Waals surface area (Å²) in [4.78, 5) is 22.2. The number of nitrogens with one attached hydrogen (secondary N) is 1. The summed E-state index contributed by atoms with van der Waals surface area (Å²) in [6.45, 7) is 1.78. The summed E-state index contributed by atoms with van der Waals surface area (Å²) in [6, 6.07) is -0.134. The summed E-state index contributed by atoms with van der Waals surface area (Å²) in [7, 11) is 0. The lowest BCUT2D eigenvalue weighted by Gasteiger charge is -2.16. The minimum Gasteiger partial charge on any atom is -0.479 e. The van der Waals surface area contributed by atoms with Crippen molar-refractivity contribution < 1.29 is 24.5 Å². The van der Waals surface area contributed by atoms with Crippen LogP contribution in [0.3, 0.4) is 0 Å². The molecule has 92 valence electrons. The summed E-state index contributed by atoms with van der Waals surface area (Å²) in [6.07, 6.45) is -0.289. The van der Waals surface area contributed by atoms with Crippen LogP contribution in [0, 0.1) is 0 Å². The van der Waals surface area contributed by atoms with E-state index in [0.717, 1.165) is 0 Å². The maximum atomic E-state index is 11.6. The molecular weight excluding hydrogens is 214 g/mol. The highest BCUT2D eigenvalue weighted by molar-refractivity contribution is 5.82. The maximum Gasteiger partial charge on any atom is 0.332 e. The monoisotopic (exact) mass is 231 g/mol. The van der Waals surface area contributed by atoms with E-state index in [9.17, 15) is 9.59 Å². The van der Waals surface area contributed by atoms with Gasteiger partial charge in [-0.05, 0) is 26.2 Å². The number of ether oxygens (including phenoxy) is 1. The number of rotatable bonds is 5. The van der Waals surface area contributed by atoms with Crippen LogP contribution in [0.4, 0.5) is 0 Å². The molecule has 0 aromatic carbocycles. The van der Waals surface area contributed by atoms with Crippen LogP contribution in [0.1, 0.15) is 26.2 Å². The second kappa shape index (κ2) is 5.81. The fraction of sp³-hybridized carbons (Fsp3) is 0.800. The van der Waals surface area contributed by atoms with Gasteiger partial charge in [0, 0.05) is 12.6 Å². The van der Waals surface area contributed by atoms with Gasteiger partial charge in [0.2, 0.25) is 5.91 Å². The highest BCUT2D eigenvalue weighted by Gasteiger charge is 2.34. The number of aliphatic hydroxyl groups is 1. The van der Waals surface area contributed by atoms with Crippen LogP contribution >= 0.6 is 0 Å². The molecule has 0 bridgehead atoms. The molecule has 3 N–H and O–H groups in total. The Balaban J connectivity index is 2.36. The molecule has 1 aliphatic heterocycles. The zero-order valence-electron chi connectivity index (χ0n) is 9.18. The van der Waals surface area contributed by atoms with E-state index in [-0.39, 0.29) is 18.6 Å². The van der Waals surface area contributed by atoms with E-state index in [1.165, 1.54) is 0 Å². The number of hydrogen-bond acceptors (Lipinski definition) is 4. The van der Waals surface area contributed by atoms with Gasteiger partial charge < -0.3 is 20.3 Å². The smallest absolute Gasteiger partial charge is 0.332 e. The van der Waals surface area contributed by atoms with Gasteiger partial charge in [0.1, 0.15) is 6.10 Å². The molecule has 0 spiro atoms. The normalized spacial score (nSPS) is 26.4. The van der Waals surface area contributed by atoms with Gasteiger partial charge in [0.25, 0.3) is 0 Å². The van der Waals surface area contributed by atoms with Gasteiger partial charge in [0.15, 0.2) is 6.10 Å². The molecule has 1 unspecified atom stereocenters. The van der Waals surface area contributed by atoms with Gasteiger partial charge in [-0.25, -0.2) is 4.79 Å². The van der Waals surface area contributed by atoms with E-state index in [1.54, 1.807) is 6.92 Å². The molecule has 1 aliphatic rings. The molecule has 6 heteroatoms. The number of carbonyl (C=O) groups is 2. The van der Waals surface area contributed by atoms with E-state index in [1.807, 2.05) is 0 Å². The van der Waals surface area contributed by atoms with Gasteiger partial charge in [0.05, 0.1) is 0 Å². The van der Waals surface area contributed by atoms with Gasteiger partial charge in [-0.2, -0.15) is 0 Å². The average Bonchev–Trinajstić information content (AvgIpc) is 2.66. The molecule has 1 fully saturated rings. The Hall–Kier alpha value is -1.14. The zero-order chi connectivity index (χ0) is 12.1. The molecule has 1 amide bonds. The minimum atomic E-state index is -1.03. The Labute approximate surface area is 93.6 Å². The summed E-state index contributed by atoms with van der Waals surface area (Å²) in [5, 5.41) is 20.0. The van der Waals surface area contributed by atoms with Gasteiger partial charge in [-0.1, -0.05) is 0 Å². The Bertz CT molecular complexity index is 268. The van der Waals surface area contributed by atoms with Gasteiger partial charge in [-0.3, -0.25) is 4.79 Å². The van der Waals surface area contributed by atoms with Gasteiger partial charge in [-0.15, -0.1) is 0 Å². The lowest BCUT2D eigenvalue weighted by molar-refractivity contribution is -0.151. The number of carboxylic acids is 1. The topological polar surface area (TPSA) is 95.9 Å². The molecular formula is C10H17NO5. The molecule has 0 aromatic rings. The second-order valence-corrected chi connectivity index (χ2v) is 3.95. The fourth-order valence-electron chi connectivity index (χ4n) is 1.61. The number of carbonyl (C=O) groups excluding carboxylic acids is 1. The van der Waals surface area contributed by atoms with Gasteiger partial charge >= 0.3 is 5.97 Å². The SMILES string of the molecule is CC(CCO)NC(=O)[C@@H]1CC[C@H](C(=O)O)O1. The molecule has 1 heterocycles. The standard InChI is InChI=1S/C10H17NO5/c1-6(4-5-12)11-9(13)7-2-3-8(16-7)10(14)15/h6-8,12H,2-5H2,1H3,(H,11,13)(H,14,15)/t6?,7-,8+/m0/s1. The zero-order valence-corrected chi connectivity index (χ0v) is 9.18. The number of carboxylic acid groups (broad SMARTS) is 1. The maximum absolute atomic E-state index is 11.6. The van der Waals surface area contributed by atoms with Crippen molar-refractivity contribution in [1.82, 2.24) is 5.32 Å². The predicted molar refractivity (Wildman–Crippen MR) is 54.8 cm³/mol. The minimum absolute atomic E-state index is 0.00468. The van der Waals surface area contributed by atoms with Crippen molar-refractivity contribution in [2.45, 2.75) is 44.4 Å². The first-order valence-corrected chi connectivity index (χ1v) is 5.34. The summed E-state index contributed by atoms with van der Waals surface area (Å²) >= 11 is 0. The largest absolute Gasteiger partial charge is 0.479 e. The molecule has 1 rings (SSSR count). The van der Waals surface area contributed by atoms with E-state index in [2.05, 4.69) is 5.32 Å². The molecule has 3 atom stereocenters. The van der Waals surface area contributed by atoms with Crippen molar-refractivity contribution >= 4 is 11.9 Å². The van der Waals surface area contributed by atoms with E-state index >= 15 is 0 Å². The molecule has 6 nitrogen and oxygen atoms in total. The molecule has 0 aromatic heterocycles. The van der Waals surface area contributed by atoms with Crippen LogP contribution in [0.15, 0.2) is 0 Å². The van der Waals surface area contributed by atoms with Crippen LogP contribution in [-0.2, 0) is 14.3 Å². The first-order chi connectivity index (χ1) is 7.54. The lowest BCUT2D eigenvalue weighted by atomic mass is 10.1. The fourth-order valence-corrected chi connectivity index (χ4v) is 1.61. The predicted octanol–water partition coefficient (Wildman–Crippen LogP) is -0.494. The van der Waals surface area contributed by atoms with Crippen molar-refractivity contribution in [1.29, 1.82) is 0 Å². The third-order valence-electron chi connectivity index (χ3n) is 2.54. The van der Waals surface area contributed by atoms with Crippen LogP contribution in [0.2, 0.25) is 0 Å². The highest BCUT2D eigenvalue weighted by Crippen LogP contribution is 2.20. The van der Waals surface area contributed by atoms with Crippen LogP contribution < -0.4 is 5.32 Å². The highest BCUT2D eigenvalue weighted by atomic mass is 16.5. The van der Waals surface area contributed by atoms with Crippen LogP contribution in [0.25, 0.3) is 0 Å². The molecule has 16 heavy (non-hydrogen) atoms. The average molecular weight is 231 g/mol. The summed E-state index contributed by atoms with van der Waals surface area (Å²) < 4.78 is 5.09. The Kier molecular flexibility index (Phi) is 4.70. The Morgan fingerprint density at radius 3 is 2.56 bits per heavy atom. The lowest BCUT2D eigenvalue weighted by Crippen LogP contribution is -2.40. The number of amides is 1. The van der Waals surface area contributed by atoms with Crippen LogP contribution in [-0.4, -0.2) is 46.9 Å². The molecule has 0 radical (unpaired) electrons. The van der Waals surface area contributed by atoms with Crippen molar-refractivity contribution in [3.8, 4) is 0 Å². The third kappa shape index (κ3) is 3.46. The third-order valence-corrected chi connectivity index (χ3v) is 2.54. The Morgan fingerprint density at radius 2 is 2.06 bits per heavy atom. The molecule has 0 aliphatic carbocycles. The number of aliphatic hydroxyl groups excluding tert-OH is 1. The van der Waals surface area contributed by atoms with Crippen molar-refractivity contribution in [3.05, 3.63) is 0 Å². The van der Waals surface area contributed by atoms with Crippen molar-refractivity contribution in [2.75, 3.05) is 6.61 Å². The van der Waals surface area contributed by atoms with E-state index < -0.39 is 18.2 Å². The summed E-state index contributed by atoms with van der Waals surface area (Å²) in [5.74, 6) is -1.33. The van der Waals surface area contributed by atoms with Crippen molar-refractivity contribution in [3.63, 3.8) is 0 Å². The second-order valence-electron chi connectivity index (χ2n) is 3.95.